The number of para-hydroxylation sites is 1. The zero-order valence-electron chi connectivity index (χ0n) is 74.2. The minimum Gasteiger partial charge on any atom is -0.508 e. The molecule has 0 aliphatic carbocycles. The van der Waals surface area contributed by atoms with Crippen LogP contribution in [0.25, 0.3) is 10.9 Å². The Kier molecular flexibility index (Phi) is 37.7. The Morgan fingerprint density at radius 1 is 0.426 bits per heavy atom. The number of aromatic hydroxyl groups is 2. The number of rotatable bonds is 22. The number of hydrogen-bond donors (Lipinski definition) is 14. The Labute approximate surface area is 753 Å². The van der Waals surface area contributed by atoms with Crippen LogP contribution in [-0.2, 0) is 115 Å². The van der Waals surface area contributed by atoms with E-state index in [4.69, 9.17) is 5.73 Å². The van der Waals surface area contributed by atoms with Gasteiger partial charge in [-0.25, -0.2) is 0 Å². The summed E-state index contributed by atoms with van der Waals surface area (Å²) in [6, 6.07) is 27.2. The number of H-pyrrole nitrogens is 1. The number of carboxylic acids is 1. The number of phenols is 2. The number of hydrogen-bond acceptors (Lipinski definition) is 19. The van der Waals surface area contributed by atoms with E-state index < -0.39 is 199 Å². The summed E-state index contributed by atoms with van der Waals surface area (Å²) in [5.74, 6) is -17.8. The Hall–Kier alpha value is -13.7. The molecule has 1 aliphatic heterocycles. The van der Waals surface area contributed by atoms with E-state index >= 15 is 38.4 Å². The first-order chi connectivity index (χ1) is 61.2. The molecule has 8 rings (SSSR count). The molecule has 35 nitrogen and oxygen atoms in total. The summed E-state index contributed by atoms with van der Waals surface area (Å²) in [4.78, 5) is 243. The molecule has 11 atom stereocenters. The standard InChI is InChI=1S/C93H118N16O19S/c1-54(2)39-67-84(119)103-73(83(118)96-49-77(94)112)52-129-53-80(115)99-72(42-57-23-15-12-16-24-57)90(125)108(10)76(45-59-27-19-14-20-28-59)92(127)109(11)75(40-55(3)4)91(126)106(8)51-79(114)98-70(47-81(116)117)87(122)104-82(56(5)6)93(128)107(9)74(44-58-25-17-13-18-26-58)88(123)102-71(43-61-33-37-64(111)38-34-61)89(124)105(7)50-78(113)97-69(46-62-48-95-66-30-22-21-29-65(62)66)86(121)101-68(85(120)100-67)41-60-31-35-63(110)36-32-60/h12-38,48,54-56,67-76,82,95,110-111H,39-47,49-53H2,1-11H3,(H2,94,112)(H,96,118)(H,97,113)(H,98,114)(H,99,115)(H,100,120)(H,101,121)(H,102,123)(H,103,119)(H,104,122)(H,116,117)/t67-,68-,69-,70-,71-,72-,73-,74-,75-,76-,82-/m0/s1. The zero-order valence-corrected chi connectivity index (χ0v) is 75.1. The maximum Gasteiger partial charge on any atom is 0.305 e. The van der Waals surface area contributed by atoms with E-state index in [0.717, 1.165) is 36.3 Å². The second kappa shape index (κ2) is 48.3. The molecular weight excluding hydrogens is 1680 g/mol. The number of nitrogens with two attached hydrogens (primary N) is 1. The van der Waals surface area contributed by atoms with Crippen molar-refractivity contribution in [3.05, 3.63) is 203 Å². The van der Waals surface area contributed by atoms with E-state index in [1.54, 1.807) is 163 Å². The van der Waals surface area contributed by atoms with Gasteiger partial charge < -0.3 is 98.4 Å². The SMILES string of the molecule is CC(C)C[C@@H]1NC(=O)[C@H](Cc2ccc(O)cc2)NC(=O)[C@H](Cc2c[nH]c3ccccc23)NC(=O)CN(C)C(=O)[C@H](Cc2ccc(O)cc2)NC(=O)[C@H](Cc2ccccc2)N(C)C(=O)[C@H](C(C)C)NC(=O)[C@H](CC(=O)O)NC(=O)CN(C)C(=O)[C@H](CC(C)C)N(C)C(=O)[C@H](Cc2ccccc2)N(C)C(=O)[C@H](Cc2ccccc2)NC(=O)CSC[C@@H](C(=O)NCC(N)=O)NC1=O. The van der Waals surface area contributed by atoms with Crippen LogP contribution in [-0.4, -0.2) is 272 Å². The van der Waals surface area contributed by atoms with Crippen molar-refractivity contribution in [3.63, 3.8) is 0 Å². The van der Waals surface area contributed by atoms with Gasteiger partial charge >= 0.3 is 5.97 Å². The van der Waals surface area contributed by atoms with Gasteiger partial charge in [0.1, 0.15) is 78.0 Å². The number of carbonyl (C=O) groups is 16. The lowest BCUT2D eigenvalue weighted by molar-refractivity contribution is -0.151. The number of aromatic amines is 1. The van der Waals surface area contributed by atoms with Crippen molar-refractivity contribution in [1.29, 1.82) is 0 Å². The van der Waals surface area contributed by atoms with E-state index in [2.05, 4.69) is 52.8 Å². The molecule has 15 N–H and O–H groups in total. The van der Waals surface area contributed by atoms with Crippen LogP contribution in [0.3, 0.4) is 0 Å². The topological polar surface area (TPSA) is 500 Å². The highest BCUT2D eigenvalue weighted by molar-refractivity contribution is 8.00. The zero-order chi connectivity index (χ0) is 94.5. The molecule has 36 heteroatoms. The summed E-state index contributed by atoms with van der Waals surface area (Å²) in [6.45, 7) is 7.88. The summed E-state index contributed by atoms with van der Waals surface area (Å²) >= 11 is 0.827. The number of nitrogens with one attached hydrogen (secondary N) is 10. The number of primary amides is 1. The summed E-state index contributed by atoms with van der Waals surface area (Å²) in [5.41, 5.74) is 9.10. The number of phenolic OH excluding ortho intramolecular Hbond substituents is 2. The molecule has 1 aliphatic rings. The van der Waals surface area contributed by atoms with Crippen LogP contribution in [0.4, 0.5) is 0 Å². The van der Waals surface area contributed by atoms with Crippen molar-refractivity contribution in [3.8, 4) is 11.5 Å². The van der Waals surface area contributed by atoms with Gasteiger partial charge in [-0.15, -0.1) is 11.8 Å². The van der Waals surface area contributed by atoms with Gasteiger partial charge in [-0.3, -0.25) is 76.7 Å². The van der Waals surface area contributed by atoms with E-state index in [1.165, 1.54) is 83.8 Å². The number of thioether (sulfide) groups is 1. The minimum atomic E-state index is -1.91. The van der Waals surface area contributed by atoms with Gasteiger partial charge in [0.2, 0.25) is 88.6 Å². The molecular formula is C93H118N16O19S. The third kappa shape index (κ3) is 30.5. The number of benzene rings is 6. The number of fused-ring (bicyclic) bond motifs is 1. The van der Waals surface area contributed by atoms with Crippen molar-refractivity contribution >= 4 is 117 Å². The lowest BCUT2D eigenvalue weighted by Crippen LogP contribution is -2.61. The number of nitrogens with zero attached hydrogens (tertiary/aromatic N) is 5. The predicted octanol–water partition coefficient (Wildman–Crippen LogP) is 2.18. The third-order valence-corrected chi connectivity index (χ3v) is 23.0. The minimum absolute atomic E-state index is 0.00829. The molecule has 129 heavy (non-hydrogen) atoms. The van der Waals surface area contributed by atoms with E-state index in [-0.39, 0.29) is 80.5 Å². The van der Waals surface area contributed by atoms with Crippen LogP contribution in [0, 0.1) is 17.8 Å². The van der Waals surface area contributed by atoms with Crippen molar-refractivity contribution in [1.82, 2.24) is 77.3 Å². The van der Waals surface area contributed by atoms with Crippen LogP contribution in [0.5, 0.6) is 11.5 Å². The first kappa shape index (κ1) is 101. The van der Waals surface area contributed by atoms with Gasteiger partial charge in [-0.1, -0.05) is 175 Å². The van der Waals surface area contributed by atoms with Crippen LogP contribution in [0.1, 0.15) is 94.2 Å². The van der Waals surface area contributed by atoms with Crippen LogP contribution >= 0.6 is 11.8 Å². The van der Waals surface area contributed by atoms with E-state index in [0.29, 0.717) is 44.3 Å². The summed E-state index contributed by atoms with van der Waals surface area (Å²) in [7, 11) is 6.52. The number of amides is 15. The highest BCUT2D eigenvalue weighted by Crippen LogP contribution is 2.25. The fourth-order valence-electron chi connectivity index (χ4n) is 14.9. The van der Waals surface area contributed by atoms with Crippen molar-refractivity contribution < 1.29 is 92.0 Å². The molecule has 1 fully saturated rings. The van der Waals surface area contributed by atoms with Crippen molar-refractivity contribution in [2.45, 2.75) is 166 Å². The lowest BCUT2D eigenvalue weighted by Gasteiger charge is -2.37. The van der Waals surface area contributed by atoms with E-state index in [9.17, 15) is 53.7 Å². The number of aliphatic carboxylic acids is 1. The number of carbonyl (C=O) groups excluding carboxylic acids is 15. The number of likely N-dealkylation sites (N-methyl/N-ethyl adjacent to an activating group) is 5. The average molecular weight is 1800 g/mol. The molecule has 0 unspecified atom stereocenters. The smallest absolute Gasteiger partial charge is 0.305 e. The first-order valence-corrected chi connectivity index (χ1v) is 43.7. The Morgan fingerprint density at radius 2 is 0.853 bits per heavy atom. The highest BCUT2D eigenvalue weighted by Gasteiger charge is 2.43. The van der Waals surface area contributed by atoms with Gasteiger partial charge in [-0.2, -0.15) is 0 Å². The third-order valence-electron chi connectivity index (χ3n) is 21.9. The monoisotopic (exact) mass is 1790 g/mol. The normalized spacial score (nSPS) is 22.0. The second-order valence-electron chi connectivity index (χ2n) is 33.5. The van der Waals surface area contributed by atoms with Gasteiger partial charge in [0.15, 0.2) is 0 Å². The maximum absolute atomic E-state index is 15.5. The van der Waals surface area contributed by atoms with Gasteiger partial charge in [0.05, 0.1) is 31.8 Å². The predicted molar refractivity (Wildman–Crippen MR) is 482 cm³/mol. The number of carboxylic acid groups (broad SMARTS) is 1. The molecule has 7 aromatic rings. The Balaban J connectivity index is 1.21. The Morgan fingerprint density at radius 3 is 1.38 bits per heavy atom. The molecule has 0 saturated carbocycles. The van der Waals surface area contributed by atoms with Crippen molar-refractivity contribution in [2.24, 2.45) is 23.5 Å². The molecule has 15 amide bonds. The summed E-state index contributed by atoms with van der Waals surface area (Å²) in [5, 5.41) is 55.6. The fourth-order valence-corrected chi connectivity index (χ4v) is 15.8. The summed E-state index contributed by atoms with van der Waals surface area (Å²) in [6.07, 6.45) is -0.847. The Bertz CT molecular complexity index is 5080. The molecule has 0 spiro atoms. The summed E-state index contributed by atoms with van der Waals surface area (Å²) < 4.78 is 0. The fraction of sp³-hybridized carbons (Fsp3) is 0.419. The lowest BCUT2D eigenvalue weighted by atomic mass is 9.97. The van der Waals surface area contributed by atoms with Gasteiger partial charge in [0.25, 0.3) is 0 Å². The van der Waals surface area contributed by atoms with Crippen LogP contribution < -0.4 is 53.6 Å². The highest BCUT2D eigenvalue weighted by atomic mass is 32.2. The molecule has 6 aromatic carbocycles. The average Bonchev–Trinajstić information content (AvgIpc) is 1.14. The van der Waals surface area contributed by atoms with Crippen molar-refractivity contribution in [2.75, 3.05) is 66.4 Å². The van der Waals surface area contributed by atoms with E-state index in [1.807, 2.05) is 0 Å². The van der Waals surface area contributed by atoms with Gasteiger partial charge in [0, 0.05) is 96.6 Å². The second-order valence-corrected chi connectivity index (χ2v) is 34.6. The largest absolute Gasteiger partial charge is 0.508 e. The molecule has 2 heterocycles. The molecule has 690 valence electrons. The molecule has 1 saturated heterocycles. The van der Waals surface area contributed by atoms with Crippen LogP contribution in [0.2, 0.25) is 0 Å². The first-order valence-electron chi connectivity index (χ1n) is 42.5. The molecule has 0 bridgehead atoms. The maximum atomic E-state index is 15.5. The van der Waals surface area contributed by atoms with Gasteiger partial charge in [-0.05, 0) is 94.3 Å². The molecule has 1 aromatic heterocycles. The quantitative estimate of drug-likeness (QED) is 0.0462. The number of aromatic nitrogens is 1. The molecule has 0 radical (unpaired) electrons. The van der Waals surface area contributed by atoms with Crippen LogP contribution in [0.15, 0.2) is 170 Å².